The zero-order valence-corrected chi connectivity index (χ0v) is 12.2. The van der Waals surface area contributed by atoms with E-state index in [1.165, 1.54) is 6.07 Å². The average molecular weight is 324 g/mol. The van der Waals surface area contributed by atoms with Crippen molar-refractivity contribution in [1.82, 2.24) is 15.3 Å². The standard InChI is InChI=1S/C15H15F3N4O/c16-15(17,18)14-21-10-6-2-1-5-9(10)12(22-14)20-11-7-3-4-8-19-13(11)23/h1-2,5-6,11H,3-4,7-8H2,(H,19,23)(H,20,21,22). The molecule has 122 valence electrons. The second kappa shape index (κ2) is 6.02. The second-order valence-electron chi connectivity index (χ2n) is 5.39. The molecule has 1 aliphatic heterocycles. The first-order valence-electron chi connectivity index (χ1n) is 7.33. The Hall–Kier alpha value is -2.38. The minimum absolute atomic E-state index is 0.0324. The van der Waals surface area contributed by atoms with Crippen LogP contribution in [0.3, 0.4) is 0 Å². The molecule has 2 N–H and O–H groups in total. The van der Waals surface area contributed by atoms with Crippen LogP contribution in [0.25, 0.3) is 10.9 Å². The maximum absolute atomic E-state index is 13.0. The zero-order chi connectivity index (χ0) is 16.4. The van der Waals surface area contributed by atoms with E-state index in [-0.39, 0.29) is 17.2 Å². The molecule has 1 aromatic carbocycles. The van der Waals surface area contributed by atoms with E-state index in [0.717, 1.165) is 12.8 Å². The number of nitrogens with one attached hydrogen (secondary N) is 2. The Morgan fingerprint density at radius 1 is 1.17 bits per heavy atom. The van der Waals surface area contributed by atoms with Gasteiger partial charge in [0.1, 0.15) is 11.9 Å². The van der Waals surface area contributed by atoms with Gasteiger partial charge in [0.2, 0.25) is 11.7 Å². The van der Waals surface area contributed by atoms with Gasteiger partial charge in [-0.05, 0) is 31.4 Å². The van der Waals surface area contributed by atoms with E-state index >= 15 is 0 Å². The predicted octanol–water partition coefficient (Wildman–Crippen LogP) is 2.73. The van der Waals surface area contributed by atoms with Crippen molar-refractivity contribution in [3.05, 3.63) is 30.1 Å². The number of rotatable bonds is 2. The Kier molecular flexibility index (Phi) is 4.06. The largest absolute Gasteiger partial charge is 0.451 e. The number of fused-ring (bicyclic) bond motifs is 1. The number of carbonyl (C=O) groups excluding carboxylic acids is 1. The van der Waals surface area contributed by atoms with Crippen LogP contribution in [0.5, 0.6) is 0 Å². The summed E-state index contributed by atoms with van der Waals surface area (Å²) in [6.45, 7) is 0.579. The van der Waals surface area contributed by atoms with Crippen molar-refractivity contribution in [3.8, 4) is 0 Å². The molecule has 0 radical (unpaired) electrons. The first-order chi connectivity index (χ1) is 10.9. The van der Waals surface area contributed by atoms with Gasteiger partial charge in [0, 0.05) is 11.9 Å². The fourth-order valence-electron chi connectivity index (χ4n) is 2.56. The summed E-state index contributed by atoms with van der Waals surface area (Å²) in [7, 11) is 0. The lowest BCUT2D eigenvalue weighted by atomic mass is 10.1. The van der Waals surface area contributed by atoms with E-state index in [1.54, 1.807) is 18.2 Å². The molecule has 2 heterocycles. The van der Waals surface area contributed by atoms with Crippen LogP contribution in [0.1, 0.15) is 25.1 Å². The molecule has 1 atom stereocenters. The number of halogens is 3. The molecule has 0 saturated carbocycles. The number of aromatic nitrogens is 2. The highest BCUT2D eigenvalue weighted by Gasteiger charge is 2.36. The van der Waals surface area contributed by atoms with Gasteiger partial charge in [-0.2, -0.15) is 13.2 Å². The molecule has 1 fully saturated rings. The predicted molar refractivity (Wildman–Crippen MR) is 78.8 cm³/mol. The number of amides is 1. The molecule has 23 heavy (non-hydrogen) atoms. The summed E-state index contributed by atoms with van der Waals surface area (Å²) in [6, 6.07) is 5.82. The van der Waals surface area contributed by atoms with Gasteiger partial charge < -0.3 is 10.6 Å². The van der Waals surface area contributed by atoms with Crippen LogP contribution in [-0.2, 0) is 11.0 Å². The molecular weight excluding hydrogens is 309 g/mol. The number of alkyl halides is 3. The van der Waals surface area contributed by atoms with Gasteiger partial charge in [0.15, 0.2) is 0 Å². The van der Waals surface area contributed by atoms with Crippen LogP contribution < -0.4 is 10.6 Å². The number of hydrogen-bond donors (Lipinski definition) is 2. The molecule has 5 nitrogen and oxygen atoms in total. The summed E-state index contributed by atoms with van der Waals surface area (Å²) in [5, 5.41) is 6.06. The fourth-order valence-corrected chi connectivity index (χ4v) is 2.56. The fraction of sp³-hybridized carbons (Fsp3) is 0.400. The lowest BCUT2D eigenvalue weighted by Gasteiger charge is -2.18. The second-order valence-corrected chi connectivity index (χ2v) is 5.39. The van der Waals surface area contributed by atoms with Gasteiger partial charge in [-0.3, -0.25) is 4.79 Å². The molecule has 1 aromatic heterocycles. The quantitative estimate of drug-likeness (QED) is 0.891. The number of carbonyl (C=O) groups is 1. The summed E-state index contributed by atoms with van der Waals surface area (Å²) in [4.78, 5) is 19.2. The van der Waals surface area contributed by atoms with Crippen molar-refractivity contribution in [3.63, 3.8) is 0 Å². The van der Waals surface area contributed by atoms with Gasteiger partial charge in [0.05, 0.1) is 5.52 Å². The highest BCUT2D eigenvalue weighted by Crippen LogP contribution is 2.30. The molecule has 1 aliphatic rings. The summed E-state index contributed by atoms with van der Waals surface area (Å²) in [5.41, 5.74) is 0.186. The molecular formula is C15H15F3N4O. The van der Waals surface area contributed by atoms with E-state index in [2.05, 4.69) is 20.6 Å². The molecule has 1 saturated heterocycles. The van der Waals surface area contributed by atoms with Crippen LogP contribution in [-0.4, -0.2) is 28.5 Å². The van der Waals surface area contributed by atoms with Crippen molar-refractivity contribution in [2.75, 3.05) is 11.9 Å². The van der Waals surface area contributed by atoms with Gasteiger partial charge in [-0.15, -0.1) is 0 Å². The van der Waals surface area contributed by atoms with E-state index in [1.807, 2.05) is 0 Å². The van der Waals surface area contributed by atoms with Crippen molar-refractivity contribution >= 4 is 22.6 Å². The van der Waals surface area contributed by atoms with Crippen molar-refractivity contribution < 1.29 is 18.0 Å². The van der Waals surface area contributed by atoms with E-state index in [4.69, 9.17) is 0 Å². The first-order valence-corrected chi connectivity index (χ1v) is 7.33. The summed E-state index contributed by atoms with van der Waals surface area (Å²) >= 11 is 0. The maximum atomic E-state index is 13.0. The molecule has 0 spiro atoms. The van der Waals surface area contributed by atoms with E-state index in [9.17, 15) is 18.0 Å². The third-order valence-corrected chi connectivity index (χ3v) is 3.70. The number of hydrogen-bond acceptors (Lipinski definition) is 4. The zero-order valence-electron chi connectivity index (χ0n) is 12.2. The molecule has 0 bridgehead atoms. The molecule has 1 unspecified atom stereocenters. The monoisotopic (exact) mass is 324 g/mol. The molecule has 1 amide bonds. The Labute approximate surface area is 130 Å². The molecule has 3 rings (SSSR count). The minimum Gasteiger partial charge on any atom is -0.358 e. The number of nitrogens with zero attached hydrogens (tertiary/aromatic N) is 2. The van der Waals surface area contributed by atoms with E-state index in [0.29, 0.717) is 18.4 Å². The van der Waals surface area contributed by atoms with E-state index < -0.39 is 18.0 Å². The van der Waals surface area contributed by atoms with Crippen LogP contribution in [0.15, 0.2) is 24.3 Å². The van der Waals surface area contributed by atoms with Crippen molar-refractivity contribution in [2.45, 2.75) is 31.5 Å². The highest BCUT2D eigenvalue weighted by molar-refractivity contribution is 5.92. The van der Waals surface area contributed by atoms with Gasteiger partial charge >= 0.3 is 6.18 Å². The third kappa shape index (κ3) is 3.35. The summed E-state index contributed by atoms with van der Waals surface area (Å²) < 4.78 is 39.0. The van der Waals surface area contributed by atoms with Crippen LogP contribution in [0.4, 0.5) is 19.0 Å². The first kappa shape index (κ1) is 15.5. The maximum Gasteiger partial charge on any atom is 0.451 e. The smallest absolute Gasteiger partial charge is 0.358 e. The third-order valence-electron chi connectivity index (χ3n) is 3.70. The van der Waals surface area contributed by atoms with Gasteiger partial charge in [0.25, 0.3) is 0 Å². The van der Waals surface area contributed by atoms with Crippen LogP contribution in [0, 0.1) is 0 Å². The van der Waals surface area contributed by atoms with Gasteiger partial charge in [-0.25, -0.2) is 9.97 Å². The van der Waals surface area contributed by atoms with Crippen molar-refractivity contribution in [2.24, 2.45) is 0 Å². The lowest BCUT2D eigenvalue weighted by molar-refractivity contribution is -0.144. The summed E-state index contributed by atoms with van der Waals surface area (Å²) in [6.07, 6.45) is -2.44. The Balaban J connectivity index is 2.02. The topological polar surface area (TPSA) is 66.9 Å². The Morgan fingerprint density at radius 2 is 1.96 bits per heavy atom. The number of benzene rings is 1. The molecule has 0 aliphatic carbocycles. The van der Waals surface area contributed by atoms with Gasteiger partial charge in [-0.1, -0.05) is 12.1 Å². The van der Waals surface area contributed by atoms with Crippen molar-refractivity contribution in [1.29, 1.82) is 0 Å². The number of anilines is 1. The average Bonchev–Trinajstić information content (AvgIpc) is 2.71. The Morgan fingerprint density at radius 3 is 2.74 bits per heavy atom. The molecule has 8 heteroatoms. The van der Waals surface area contributed by atoms with Crippen LogP contribution >= 0.6 is 0 Å². The highest BCUT2D eigenvalue weighted by atomic mass is 19.4. The normalized spacial score (nSPS) is 19.3. The lowest BCUT2D eigenvalue weighted by Crippen LogP contribution is -2.38. The SMILES string of the molecule is O=C1NCCCCC1Nc1nc(C(F)(F)F)nc2ccccc12. The molecule has 2 aromatic rings. The minimum atomic E-state index is -4.65. The Bertz CT molecular complexity index is 732. The summed E-state index contributed by atoms with van der Waals surface area (Å²) in [5.74, 6) is -1.41. The number of para-hydroxylation sites is 1. The van der Waals surface area contributed by atoms with Crippen LogP contribution in [0.2, 0.25) is 0 Å².